The second-order valence-corrected chi connectivity index (χ2v) is 9.67. The zero-order chi connectivity index (χ0) is 22.9. The topological polar surface area (TPSA) is 61.2 Å². The van der Waals surface area contributed by atoms with Gasteiger partial charge in [0.05, 0.1) is 24.4 Å². The van der Waals surface area contributed by atoms with Gasteiger partial charge in [-0.25, -0.2) is 4.98 Å². The van der Waals surface area contributed by atoms with E-state index >= 15 is 0 Å². The van der Waals surface area contributed by atoms with Gasteiger partial charge >= 0.3 is 0 Å². The maximum atomic E-state index is 13.4. The molecule has 0 aliphatic heterocycles. The van der Waals surface area contributed by atoms with Crippen molar-refractivity contribution in [1.29, 1.82) is 0 Å². The first-order chi connectivity index (χ1) is 16.0. The van der Waals surface area contributed by atoms with Gasteiger partial charge in [-0.05, 0) is 80.5 Å². The van der Waals surface area contributed by atoms with E-state index in [1.54, 1.807) is 24.3 Å². The van der Waals surface area contributed by atoms with Gasteiger partial charge in [-0.3, -0.25) is 14.2 Å². The summed E-state index contributed by atoms with van der Waals surface area (Å²) < 4.78 is 7.05. The molecule has 0 radical (unpaired) electrons. The Balaban J connectivity index is 1.45. The van der Waals surface area contributed by atoms with Crippen molar-refractivity contribution >= 4 is 27.3 Å². The Morgan fingerprint density at radius 2 is 1.85 bits per heavy atom. The molecule has 0 atom stereocenters. The molecule has 0 saturated carbocycles. The number of aromatic nitrogens is 2. The molecule has 168 valence electrons. The minimum atomic E-state index is -0.179. The van der Waals surface area contributed by atoms with Gasteiger partial charge in [0.1, 0.15) is 10.6 Å². The van der Waals surface area contributed by atoms with Gasteiger partial charge in [0.15, 0.2) is 5.78 Å². The number of benzene rings is 2. The number of rotatable bonds is 6. The summed E-state index contributed by atoms with van der Waals surface area (Å²) in [6.07, 6.45) is 6.21. The molecule has 5 nitrogen and oxygen atoms in total. The summed E-state index contributed by atoms with van der Waals surface area (Å²) in [4.78, 5) is 31.4. The second-order valence-electron chi connectivity index (χ2n) is 8.81. The van der Waals surface area contributed by atoms with Crippen molar-refractivity contribution in [2.24, 2.45) is 0 Å². The molecule has 0 bridgehead atoms. The molecule has 0 N–H and O–H groups in total. The standard InChI is InChI=1S/C27H26N2O3S/c1-17(2)32-22-11-9-19(10-12-22)24(30)14-29-16-28-26-25(27(29)31)23(15-33-26)21-8-7-18-5-3-4-6-20(18)13-21/h7-13,15-17H,3-6,14H2,1-2H3. The van der Waals surface area contributed by atoms with E-state index < -0.39 is 0 Å². The lowest BCUT2D eigenvalue weighted by molar-refractivity contribution is 0.0970. The highest BCUT2D eigenvalue weighted by Crippen LogP contribution is 2.33. The average molecular weight is 459 g/mol. The predicted octanol–water partition coefficient (Wildman–Crippen LogP) is 5.67. The number of carbonyl (C=O) groups is 1. The van der Waals surface area contributed by atoms with Gasteiger partial charge in [-0.1, -0.05) is 18.2 Å². The number of thiophene rings is 1. The number of aryl methyl sites for hydroxylation is 2. The van der Waals surface area contributed by atoms with Crippen molar-refractivity contribution in [3.8, 4) is 16.9 Å². The fourth-order valence-corrected chi connectivity index (χ4v) is 5.34. The van der Waals surface area contributed by atoms with E-state index in [2.05, 4.69) is 23.2 Å². The van der Waals surface area contributed by atoms with Crippen LogP contribution in [0.15, 0.2) is 59.0 Å². The Labute approximate surface area is 196 Å². The second kappa shape index (κ2) is 8.94. The summed E-state index contributed by atoms with van der Waals surface area (Å²) in [7, 11) is 0. The molecule has 0 fully saturated rings. The fourth-order valence-electron chi connectivity index (χ4n) is 4.43. The van der Waals surface area contributed by atoms with Crippen molar-refractivity contribution in [1.82, 2.24) is 9.55 Å². The summed E-state index contributed by atoms with van der Waals surface area (Å²) in [5.74, 6) is 0.578. The first kappa shape index (κ1) is 21.6. The highest BCUT2D eigenvalue weighted by Gasteiger charge is 2.17. The van der Waals surface area contributed by atoms with Crippen LogP contribution in [0.4, 0.5) is 0 Å². The third-order valence-electron chi connectivity index (χ3n) is 6.08. The molecule has 0 spiro atoms. The lowest BCUT2D eigenvalue weighted by Crippen LogP contribution is -2.24. The molecule has 0 amide bonds. The number of ketones is 1. The van der Waals surface area contributed by atoms with Crippen LogP contribution >= 0.6 is 11.3 Å². The molecule has 1 aliphatic carbocycles. The number of Topliss-reactive ketones (excluding diaryl/α,β-unsaturated/α-hetero) is 1. The minimum absolute atomic E-state index is 0.0500. The van der Waals surface area contributed by atoms with Crippen LogP contribution in [0.2, 0.25) is 0 Å². The first-order valence-electron chi connectivity index (χ1n) is 11.4. The Morgan fingerprint density at radius 1 is 1.09 bits per heavy atom. The largest absolute Gasteiger partial charge is 0.491 e. The van der Waals surface area contributed by atoms with Crippen molar-refractivity contribution < 1.29 is 9.53 Å². The molecule has 33 heavy (non-hydrogen) atoms. The summed E-state index contributed by atoms with van der Waals surface area (Å²) >= 11 is 1.47. The molecule has 2 aromatic heterocycles. The smallest absolute Gasteiger partial charge is 0.263 e. The Kier molecular flexibility index (Phi) is 5.85. The van der Waals surface area contributed by atoms with Crippen LogP contribution in [0.5, 0.6) is 5.75 Å². The van der Waals surface area contributed by atoms with Gasteiger partial charge in [-0.2, -0.15) is 0 Å². The van der Waals surface area contributed by atoms with Gasteiger partial charge in [0.25, 0.3) is 5.56 Å². The molecule has 0 unspecified atom stereocenters. The zero-order valence-electron chi connectivity index (χ0n) is 18.8. The molecule has 5 rings (SSSR count). The maximum absolute atomic E-state index is 13.4. The number of nitrogens with zero attached hydrogens (tertiary/aromatic N) is 2. The zero-order valence-corrected chi connectivity index (χ0v) is 19.7. The van der Waals surface area contributed by atoms with E-state index in [0.717, 1.165) is 29.7 Å². The van der Waals surface area contributed by atoms with Crippen LogP contribution in [-0.2, 0) is 19.4 Å². The lowest BCUT2D eigenvalue weighted by atomic mass is 9.89. The third kappa shape index (κ3) is 4.35. The molecular formula is C27H26N2O3S. The SMILES string of the molecule is CC(C)Oc1ccc(C(=O)Cn2cnc3scc(-c4ccc5c(c4)CCCC5)c3c2=O)cc1. The van der Waals surface area contributed by atoms with E-state index in [9.17, 15) is 9.59 Å². The Bertz CT molecular complexity index is 1380. The lowest BCUT2D eigenvalue weighted by Gasteiger charge is -2.16. The quantitative estimate of drug-likeness (QED) is 0.349. The molecule has 1 aliphatic rings. The summed E-state index contributed by atoms with van der Waals surface area (Å²) in [6.45, 7) is 3.86. The Morgan fingerprint density at radius 3 is 2.61 bits per heavy atom. The summed E-state index contributed by atoms with van der Waals surface area (Å²) in [6, 6.07) is 13.6. The van der Waals surface area contributed by atoms with Crippen LogP contribution in [0.3, 0.4) is 0 Å². The molecule has 0 saturated heterocycles. The Hall–Kier alpha value is -3.25. The van der Waals surface area contributed by atoms with E-state index in [-0.39, 0.29) is 24.0 Å². The number of fused-ring (bicyclic) bond motifs is 2. The monoisotopic (exact) mass is 458 g/mol. The van der Waals surface area contributed by atoms with E-state index in [1.165, 1.54) is 46.2 Å². The van der Waals surface area contributed by atoms with E-state index in [1.807, 2.05) is 19.2 Å². The number of ether oxygens (including phenoxy) is 1. The van der Waals surface area contributed by atoms with E-state index in [4.69, 9.17) is 4.74 Å². The van der Waals surface area contributed by atoms with Gasteiger partial charge in [0.2, 0.25) is 0 Å². The van der Waals surface area contributed by atoms with Crippen LogP contribution in [0, 0.1) is 0 Å². The summed E-state index contributed by atoms with van der Waals surface area (Å²) in [5.41, 5.74) is 5.10. The van der Waals surface area contributed by atoms with Crippen molar-refractivity contribution in [2.45, 2.75) is 52.2 Å². The number of hydrogen-bond donors (Lipinski definition) is 0. The van der Waals surface area contributed by atoms with Crippen LogP contribution < -0.4 is 10.3 Å². The van der Waals surface area contributed by atoms with Gasteiger partial charge < -0.3 is 4.74 Å². The molecule has 2 heterocycles. The van der Waals surface area contributed by atoms with Crippen molar-refractivity contribution in [2.75, 3.05) is 0 Å². The minimum Gasteiger partial charge on any atom is -0.491 e. The number of hydrogen-bond acceptors (Lipinski definition) is 5. The predicted molar refractivity (Wildman–Crippen MR) is 132 cm³/mol. The highest BCUT2D eigenvalue weighted by atomic mass is 32.1. The van der Waals surface area contributed by atoms with Crippen LogP contribution in [0.25, 0.3) is 21.3 Å². The van der Waals surface area contributed by atoms with Crippen molar-refractivity contribution in [3.05, 3.63) is 81.2 Å². The van der Waals surface area contributed by atoms with E-state index in [0.29, 0.717) is 15.8 Å². The third-order valence-corrected chi connectivity index (χ3v) is 6.97. The van der Waals surface area contributed by atoms with Gasteiger partial charge in [-0.15, -0.1) is 11.3 Å². The fraction of sp³-hybridized carbons (Fsp3) is 0.296. The average Bonchev–Trinajstić information content (AvgIpc) is 3.25. The van der Waals surface area contributed by atoms with Crippen LogP contribution in [-0.4, -0.2) is 21.4 Å². The first-order valence-corrected chi connectivity index (χ1v) is 12.3. The molecule has 4 aromatic rings. The van der Waals surface area contributed by atoms with Gasteiger partial charge in [0, 0.05) is 16.5 Å². The normalized spacial score (nSPS) is 13.3. The van der Waals surface area contributed by atoms with Crippen molar-refractivity contribution in [3.63, 3.8) is 0 Å². The molecule has 6 heteroatoms. The molecule has 2 aromatic carbocycles. The maximum Gasteiger partial charge on any atom is 0.263 e. The summed E-state index contributed by atoms with van der Waals surface area (Å²) in [5, 5.41) is 2.59. The molecular weight excluding hydrogens is 432 g/mol. The van der Waals surface area contributed by atoms with Crippen LogP contribution in [0.1, 0.15) is 48.2 Å². The highest BCUT2D eigenvalue weighted by molar-refractivity contribution is 7.17. The number of carbonyl (C=O) groups excluding carboxylic acids is 1.